The quantitative estimate of drug-likeness (QED) is 0.796. The summed E-state index contributed by atoms with van der Waals surface area (Å²) in [4.78, 5) is 12.2. The van der Waals surface area contributed by atoms with Gasteiger partial charge in [0.25, 0.3) is 0 Å². The lowest BCUT2D eigenvalue weighted by Crippen LogP contribution is -2.22. The van der Waals surface area contributed by atoms with Gasteiger partial charge in [0, 0.05) is 4.88 Å². The molecule has 1 aromatic rings. The summed E-state index contributed by atoms with van der Waals surface area (Å²) in [5.74, 6) is -0.883. The fourth-order valence-corrected chi connectivity index (χ4v) is 3.38. The third-order valence-electron chi connectivity index (χ3n) is 2.78. The van der Waals surface area contributed by atoms with E-state index in [1.54, 1.807) is 19.9 Å². The lowest BCUT2D eigenvalue weighted by Gasteiger charge is -2.08. The molecule has 114 valence electrons. The molecule has 0 radical (unpaired) electrons. The second kappa shape index (κ2) is 7.08. The molecule has 1 heterocycles. The molecule has 0 spiro atoms. The molecule has 7 heteroatoms. The monoisotopic (exact) mass is 320 g/mol. The lowest BCUT2D eigenvalue weighted by atomic mass is 10.3. The van der Waals surface area contributed by atoms with Crippen molar-refractivity contribution in [2.24, 2.45) is 0 Å². The molecule has 20 heavy (non-hydrogen) atoms. The number of hydrogen-bond donors (Lipinski definition) is 1. The molecule has 0 saturated heterocycles. The van der Waals surface area contributed by atoms with E-state index in [1.165, 1.54) is 11.3 Å². The Hall–Kier alpha value is -1.08. The summed E-state index contributed by atoms with van der Waals surface area (Å²) in [6.07, 6.45) is 1.71. The number of thiophene rings is 1. The Morgan fingerprint density at radius 2 is 2.10 bits per heavy atom. The van der Waals surface area contributed by atoms with Crippen LogP contribution in [0, 0.1) is 0 Å². The Balaban J connectivity index is 2.74. The van der Waals surface area contributed by atoms with E-state index < -0.39 is 21.1 Å². The second-order valence-electron chi connectivity index (χ2n) is 4.73. The number of ether oxygens (including phenoxy) is 1. The normalized spacial score (nSPS) is 11.8. The number of aromatic carboxylic acids is 1. The van der Waals surface area contributed by atoms with Crippen LogP contribution in [0.25, 0.3) is 0 Å². The molecule has 0 fully saturated rings. The van der Waals surface area contributed by atoms with Gasteiger partial charge in [-0.3, -0.25) is 0 Å². The highest BCUT2D eigenvalue weighted by molar-refractivity contribution is 7.91. The van der Waals surface area contributed by atoms with Gasteiger partial charge in [-0.25, -0.2) is 13.2 Å². The van der Waals surface area contributed by atoms with E-state index in [2.05, 4.69) is 0 Å². The van der Waals surface area contributed by atoms with Gasteiger partial charge >= 0.3 is 5.97 Å². The van der Waals surface area contributed by atoms with Crippen LogP contribution in [0.2, 0.25) is 0 Å². The van der Waals surface area contributed by atoms with Gasteiger partial charge in [0.1, 0.15) is 12.4 Å². The van der Waals surface area contributed by atoms with Crippen LogP contribution >= 0.6 is 11.3 Å². The van der Waals surface area contributed by atoms with Crippen LogP contribution in [0.15, 0.2) is 6.07 Å². The van der Waals surface area contributed by atoms with Crippen LogP contribution in [0.1, 0.15) is 41.7 Å². The van der Waals surface area contributed by atoms with Crippen molar-refractivity contribution in [2.75, 3.05) is 12.4 Å². The van der Waals surface area contributed by atoms with Crippen LogP contribution in [0.3, 0.4) is 0 Å². The molecule has 0 bridgehead atoms. The zero-order valence-electron chi connectivity index (χ0n) is 11.9. The molecule has 0 atom stereocenters. The maximum atomic E-state index is 11.7. The van der Waals surface area contributed by atoms with Crippen molar-refractivity contribution < 1.29 is 23.1 Å². The number of carboxylic acids is 1. The Morgan fingerprint density at radius 3 is 2.60 bits per heavy atom. The Bertz CT molecular complexity index is 557. The Labute approximate surface area is 123 Å². The zero-order valence-corrected chi connectivity index (χ0v) is 13.5. The molecule has 0 amide bonds. The van der Waals surface area contributed by atoms with Crippen molar-refractivity contribution in [3.63, 3.8) is 0 Å². The molecular formula is C13H20O5S2. The highest BCUT2D eigenvalue weighted by Crippen LogP contribution is 2.30. The second-order valence-corrected chi connectivity index (χ2v) is 8.54. The van der Waals surface area contributed by atoms with E-state index >= 15 is 0 Å². The van der Waals surface area contributed by atoms with E-state index in [9.17, 15) is 13.2 Å². The Kier molecular flexibility index (Phi) is 6.01. The van der Waals surface area contributed by atoms with Gasteiger partial charge in [0.2, 0.25) is 0 Å². The number of carbonyl (C=O) groups is 1. The molecule has 0 aliphatic rings. The third kappa shape index (κ3) is 4.49. The summed E-state index contributed by atoms with van der Waals surface area (Å²) in [6, 6.07) is 1.69. The number of sulfone groups is 1. The minimum absolute atomic E-state index is 0.0247. The molecule has 0 saturated carbocycles. The molecule has 1 aromatic heterocycles. The van der Waals surface area contributed by atoms with Gasteiger partial charge in [-0.05, 0) is 26.3 Å². The average Bonchev–Trinajstić information content (AvgIpc) is 2.72. The molecule has 5 nitrogen and oxygen atoms in total. The smallest absolute Gasteiger partial charge is 0.349 e. The van der Waals surface area contributed by atoms with Gasteiger partial charge in [-0.2, -0.15) is 0 Å². The summed E-state index contributed by atoms with van der Waals surface area (Å²) >= 11 is 1.18. The first kappa shape index (κ1) is 17.0. The average molecular weight is 320 g/mol. The molecular weight excluding hydrogens is 300 g/mol. The van der Waals surface area contributed by atoms with Crippen LogP contribution in [0.4, 0.5) is 0 Å². The number of carboxylic acid groups (broad SMARTS) is 1. The molecule has 1 rings (SSSR count). The molecule has 0 unspecified atom stereocenters. The zero-order chi connectivity index (χ0) is 15.3. The largest absolute Gasteiger partial charge is 0.491 e. The first-order valence-corrected chi connectivity index (χ1v) is 9.01. The molecule has 0 aliphatic heterocycles. The van der Waals surface area contributed by atoms with Gasteiger partial charge in [0.15, 0.2) is 14.7 Å². The highest BCUT2D eigenvalue weighted by atomic mass is 32.2. The summed E-state index contributed by atoms with van der Waals surface area (Å²) in [6.45, 7) is 5.21. The maximum Gasteiger partial charge on any atom is 0.349 e. The van der Waals surface area contributed by atoms with E-state index in [0.717, 1.165) is 17.7 Å². The van der Waals surface area contributed by atoms with Crippen LogP contribution in [-0.2, 0) is 16.3 Å². The van der Waals surface area contributed by atoms with E-state index in [1.807, 2.05) is 6.92 Å². The lowest BCUT2D eigenvalue weighted by molar-refractivity contribution is 0.0698. The SMILES string of the molecule is CCCc1cc(OCCS(=O)(=O)C(C)C)c(C(=O)O)s1. The minimum Gasteiger partial charge on any atom is -0.491 e. The van der Waals surface area contributed by atoms with Crippen molar-refractivity contribution >= 4 is 27.1 Å². The van der Waals surface area contributed by atoms with Gasteiger partial charge in [-0.15, -0.1) is 11.3 Å². The summed E-state index contributed by atoms with van der Waals surface area (Å²) in [7, 11) is -3.17. The molecule has 0 aliphatic carbocycles. The van der Waals surface area contributed by atoms with Crippen LogP contribution in [0.5, 0.6) is 5.75 Å². The standard InChI is InChI=1S/C13H20O5S2/c1-4-5-10-8-11(12(19-10)13(14)15)18-6-7-20(16,17)9(2)3/h8-9H,4-7H2,1-3H3,(H,14,15). The van der Waals surface area contributed by atoms with E-state index in [4.69, 9.17) is 9.84 Å². The predicted octanol–water partition coefficient (Wildman–Crippen LogP) is 2.60. The summed E-state index contributed by atoms with van der Waals surface area (Å²) < 4.78 is 28.7. The van der Waals surface area contributed by atoms with Crippen LogP contribution in [-0.4, -0.2) is 37.1 Å². The van der Waals surface area contributed by atoms with Crippen molar-refractivity contribution in [3.05, 3.63) is 15.8 Å². The number of aryl methyl sites for hydroxylation is 1. The molecule has 0 aromatic carbocycles. The van der Waals surface area contributed by atoms with Gasteiger partial charge < -0.3 is 9.84 Å². The fraction of sp³-hybridized carbons (Fsp3) is 0.615. The van der Waals surface area contributed by atoms with E-state index in [0.29, 0.717) is 0 Å². The van der Waals surface area contributed by atoms with Crippen molar-refractivity contribution in [1.29, 1.82) is 0 Å². The molecule has 1 N–H and O–H groups in total. The third-order valence-corrected chi connectivity index (χ3v) is 6.12. The minimum atomic E-state index is -3.17. The Morgan fingerprint density at radius 1 is 1.45 bits per heavy atom. The highest BCUT2D eigenvalue weighted by Gasteiger charge is 2.19. The topological polar surface area (TPSA) is 80.7 Å². The maximum absolute atomic E-state index is 11.7. The fourth-order valence-electron chi connectivity index (χ4n) is 1.55. The van der Waals surface area contributed by atoms with Crippen molar-refractivity contribution in [3.8, 4) is 5.75 Å². The van der Waals surface area contributed by atoms with Gasteiger partial charge in [0.05, 0.1) is 11.0 Å². The first-order valence-electron chi connectivity index (χ1n) is 6.48. The van der Waals surface area contributed by atoms with Crippen LogP contribution < -0.4 is 4.74 Å². The van der Waals surface area contributed by atoms with E-state index in [-0.39, 0.29) is 23.0 Å². The van der Waals surface area contributed by atoms with Gasteiger partial charge in [-0.1, -0.05) is 13.3 Å². The first-order chi connectivity index (χ1) is 9.27. The summed E-state index contributed by atoms with van der Waals surface area (Å²) in [5, 5.41) is 8.65. The van der Waals surface area contributed by atoms with Crippen molar-refractivity contribution in [1.82, 2.24) is 0 Å². The summed E-state index contributed by atoms with van der Waals surface area (Å²) in [5.41, 5.74) is 0. The number of rotatable bonds is 8. The number of hydrogen-bond acceptors (Lipinski definition) is 5. The van der Waals surface area contributed by atoms with Crippen molar-refractivity contribution in [2.45, 2.75) is 38.9 Å². The predicted molar refractivity (Wildman–Crippen MR) is 79.7 cm³/mol.